The van der Waals surface area contributed by atoms with Crippen LogP contribution in [0.5, 0.6) is 0 Å². The zero-order chi connectivity index (χ0) is 17.9. The van der Waals surface area contributed by atoms with Crippen LogP contribution in [0.2, 0.25) is 0 Å². The summed E-state index contributed by atoms with van der Waals surface area (Å²) in [5.74, 6) is -1.08. The van der Waals surface area contributed by atoms with E-state index in [0.29, 0.717) is 25.2 Å². The van der Waals surface area contributed by atoms with E-state index < -0.39 is 17.4 Å². The monoisotopic (exact) mass is 338 g/mol. The fraction of sp³-hybridized carbons (Fsp3) is 0.300. The number of aliphatic hydroxyl groups is 1. The summed E-state index contributed by atoms with van der Waals surface area (Å²) in [6.07, 6.45) is 0.783. The molecule has 0 spiro atoms. The molecule has 5 nitrogen and oxygen atoms in total. The van der Waals surface area contributed by atoms with Gasteiger partial charge >= 0.3 is 0 Å². The molecule has 5 heteroatoms. The quantitative estimate of drug-likeness (QED) is 0.847. The SMILES string of the molecule is CN(CCc1ccccc1)C(=O)[C@@]1(O)CCN(c2ccccc2)C1=O. The van der Waals surface area contributed by atoms with E-state index in [1.54, 1.807) is 19.2 Å². The summed E-state index contributed by atoms with van der Waals surface area (Å²) >= 11 is 0. The summed E-state index contributed by atoms with van der Waals surface area (Å²) in [6, 6.07) is 18.9. The number of anilines is 1. The van der Waals surface area contributed by atoms with Gasteiger partial charge < -0.3 is 14.9 Å². The van der Waals surface area contributed by atoms with Crippen molar-refractivity contribution in [3.8, 4) is 0 Å². The van der Waals surface area contributed by atoms with E-state index >= 15 is 0 Å². The smallest absolute Gasteiger partial charge is 0.268 e. The van der Waals surface area contributed by atoms with Gasteiger partial charge in [-0.3, -0.25) is 9.59 Å². The van der Waals surface area contributed by atoms with Crippen molar-refractivity contribution in [1.29, 1.82) is 0 Å². The zero-order valence-corrected chi connectivity index (χ0v) is 14.3. The third-order valence-corrected chi connectivity index (χ3v) is 4.64. The maximum Gasteiger partial charge on any atom is 0.268 e. The van der Waals surface area contributed by atoms with Crippen LogP contribution in [0, 0.1) is 0 Å². The van der Waals surface area contributed by atoms with Crippen molar-refractivity contribution in [2.75, 3.05) is 25.0 Å². The Kier molecular flexibility index (Phi) is 4.86. The van der Waals surface area contributed by atoms with E-state index in [1.807, 2.05) is 48.5 Å². The van der Waals surface area contributed by atoms with Crippen molar-refractivity contribution in [1.82, 2.24) is 4.90 Å². The lowest BCUT2D eigenvalue weighted by Crippen LogP contribution is -2.53. The molecule has 3 rings (SSSR count). The third-order valence-electron chi connectivity index (χ3n) is 4.64. The van der Waals surface area contributed by atoms with E-state index in [1.165, 1.54) is 9.80 Å². The standard InChI is InChI=1S/C20H22N2O3/c1-21(14-12-16-8-4-2-5-9-16)18(23)20(25)13-15-22(19(20)24)17-10-6-3-7-11-17/h2-11,25H,12-15H2,1H3/t20-/m0/s1. The Morgan fingerprint density at radius 2 is 1.72 bits per heavy atom. The largest absolute Gasteiger partial charge is 0.372 e. The fourth-order valence-electron chi connectivity index (χ4n) is 3.12. The van der Waals surface area contributed by atoms with Gasteiger partial charge in [0.15, 0.2) is 0 Å². The Bertz CT molecular complexity index is 748. The van der Waals surface area contributed by atoms with Crippen LogP contribution < -0.4 is 4.90 Å². The molecule has 2 aromatic carbocycles. The molecule has 0 aliphatic carbocycles. The highest BCUT2D eigenvalue weighted by atomic mass is 16.3. The molecule has 0 saturated carbocycles. The molecule has 1 aliphatic rings. The van der Waals surface area contributed by atoms with Crippen LogP contribution in [0.4, 0.5) is 5.69 Å². The molecule has 1 N–H and O–H groups in total. The molecule has 25 heavy (non-hydrogen) atoms. The number of hydrogen-bond acceptors (Lipinski definition) is 3. The lowest BCUT2D eigenvalue weighted by atomic mass is 10.0. The van der Waals surface area contributed by atoms with Gasteiger partial charge in [-0.15, -0.1) is 0 Å². The topological polar surface area (TPSA) is 60.9 Å². The molecule has 1 fully saturated rings. The average Bonchev–Trinajstić information content (AvgIpc) is 2.97. The van der Waals surface area contributed by atoms with E-state index in [4.69, 9.17) is 0 Å². The molecule has 2 amide bonds. The van der Waals surface area contributed by atoms with Crippen molar-refractivity contribution >= 4 is 17.5 Å². The highest BCUT2D eigenvalue weighted by molar-refractivity contribution is 6.16. The van der Waals surface area contributed by atoms with Crippen LogP contribution >= 0.6 is 0 Å². The second-order valence-corrected chi connectivity index (χ2v) is 6.36. The van der Waals surface area contributed by atoms with Crippen LogP contribution in [-0.4, -0.2) is 47.6 Å². The van der Waals surface area contributed by atoms with Gasteiger partial charge in [-0.05, 0) is 24.1 Å². The maximum atomic E-state index is 12.7. The van der Waals surface area contributed by atoms with Crippen LogP contribution in [0.15, 0.2) is 60.7 Å². The second kappa shape index (κ2) is 7.07. The number of para-hydroxylation sites is 1. The Hall–Kier alpha value is -2.66. The Balaban J connectivity index is 1.67. The number of hydrogen-bond donors (Lipinski definition) is 1. The van der Waals surface area contributed by atoms with Crippen molar-refractivity contribution < 1.29 is 14.7 Å². The predicted molar refractivity (Wildman–Crippen MR) is 96.1 cm³/mol. The molecule has 1 aliphatic heterocycles. The summed E-state index contributed by atoms with van der Waals surface area (Å²) in [6.45, 7) is 0.779. The summed E-state index contributed by atoms with van der Waals surface area (Å²) < 4.78 is 0. The lowest BCUT2D eigenvalue weighted by molar-refractivity contribution is -0.156. The number of benzene rings is 2. The van der Waals surface area contributed by atoms with Crippen molar-refractivity contribution in [3.05, 3.63) is 66.2 Å². The maximum absolute atomic E-state index is 12.7. The first kappa shape index (κ1) is 17.2. The summed E-state index contributed by atoms with van der Waals surface area (Å²) in [4.78, 5) is 28.3. The van der Waals surface area contributed by atoms with Gasteiger partial charge in [-0.2, -0.15) is 0 Å². The molecule has 0 aromatic heterocycles. The van der Waals surface area contributed by atoms with Crippen molar-refractivity contribution in [2.45, 2.75) is 18.4 Å². The van der Waals surface area contributed by atoms with E-state index in [2.05, 4.69) is 0 Å². The van der Waals surface area contributed by atoms with Crippen LogP contribution in [0.1, 0.15) is 12.0 Å². The second-order valence-electron chi connectivity index (χ2n) is 6.36. The number of amides is 2. The minimum Gasteiger partial charge on any atom is -0.372 e. The Morgan fingerprint density at radius 3 is 2.36 bits per heavy atom. The summed E-state index contributed by atoms with van der Waals surface area (Å²) in [7, 11) is 1.63. The van der Waals surface area contributed by atoms with E-state index in [0.717, 1.165) is 5.56 Å². The van der Waals surface area contributed by atoms with Gasteiger partial charge in [-0.25, -0.2) is 0 Å². The molecule has 1 heterocycles. The van der Waals surface area contributed by atoms with Crippen molar-refractivity contribution in [3.63, 3.8) is 0 Å². The first-order chi connectivity index (χ1) is 12.0. The fourth-order valence-corrected chi connectivity index (χ4v) is 3.12. The molecule has 1 atom stereocenters. The average molecular weight is 338 g/mol. The minimum atomic E-state index is -1.97. The molecular weight excluding hydrogens is 316 g/mol. The van der Waals surface area contributed by atoms with Gasteiger partial charge in [-0.1, -0.05) is 48.5 Å². The van der Waals surface area contributed by atoms with Gasteiger partial charge in [0, 0.05) is 32.2 Å². The van der Waals surface area contributed by atoms with Crippen LogP contribution in [-0.2, 0) is 16.0 Å². The highest BCUT2D eigenvalue weighted by Crippen LogP contribution is 2.29. The first-order valence-electron chi connectivity index (χ1n) is 8.41. The molecular formula is C20H22N2O3. The van der Waals surface area contributed by atoms with Gasteiger partial charge in [0.1, 0.15) is 0 Å². The predicted octanol–water partition coefficient (Wildman–Crippen LogP) is 1.86. The molecule has 0 bridgehead atoms. The molecule has 0 unspecified atom stereocenters. The minimum absolute atomic E-state index is 0.106. The summed E-state index contributed by atoms with van der Waals surface area (Å²) in [5, 5.41) is 10.7. The first-order valence-corrected chi connectivity index (χ1v) is 8.41. The summed E-state index contributed by atoms with van der Waals surface area (Å²) in [5.41, 5.74) is -0.165. The molecule has 130 valence electrons. The highest BCUT2D eigenvalue weighted by Gasteiger charge is 2.52. The van der Waals surface area contributed by atoms with Gasteiger partial charge in [0.2, 0.25) is 5.60 Å². The normalized spacial score (nSPS) is 19.9. The van der Waals surface area contributed by atoms with Gasteiger partial charge in [0.05, 0.1) is 0 Å². The number of carbonyl (C=O) groups is 2. The van der Waals surface area contributed by atoms with Crippen LogP contribution in [0.3, 0.4) is 0 Å². The molecule has 1 saturated heterocycles. The zero-order valence-electron chi connectivity index (χ0n) is 14.3. The number of nitrogens with zero attached hydrogens (tertiary/aromatic N) is 2. The third kappa shape index (κ3) is 3.42. The van der Waals surface area contributed by atoms with Crippen molar-refractivity contribution in [2.24, 2.45) is 0 Å². The number of carbonyl (C=O) groups excluding carboxylic acids is 2. The lowest BCUT2D eigenvalue weighted by Gasteiger charge is -2.27. The Morgan fingerprint density at radius 1 is 1.12 bits per heavy atom. The van der Waals surface area contributed by atoms with Crippen LogP contribution in [0.25, 0.3) is 0 Å². The number of likely N-dealkylation sites (N-methyl/N-ethyl adjacent to an activating group) is 1. The number of rotatable bonds is 5. The van der Waals surface area contributed by atoms with E-state index in [-0.39, 0.29) is 6.42 Å². The van der Waals surface area contributed by atoms with E-state index in [9.17, 15) is 14.7 Å². The molecule has 2 aromatic rings. The molecule has 0 radical (unpaired) electrons. The Labute approximate surface area is 147 Å². The van der Waals surface area contributed by atoms with Gasteiger partial charge in [0.25, 0.3) is 11.8 Å².